The van der Waals surface area contributed by atoms with Gasteiger partial charge in [0.15, 0.2) is 0 Å². The SMILES string of the molecule is COc1ccc(-c2c3c([n+](-c4ccc(-n5c6ccccc6c6ccccc65)cc4)c4c2CCc2ccccc2-4)-c2ccccc2CC3)cc1S(=O)(=O)O. The predicted octanol–water partition coefficient (Wildman–Crippen LogP) is 9.51. The van der Waals surface area contributed by atoms with Crippen LogP contribution in [0.1, 0.15) is 22.3 Å². The summed E-state index contributed by atoms with van der Waals surface area (Å²) < 4.78 is 45.8. The van der Waals surface area contributed by atoms with Crippen molar-refractivity contribution in [1.82, 2.24) is 4.57 Å². The second-order valence-corrected chi connectivity index (χ2v) is 15.3. The van der Waals surface area contributed by atoms with E-state index >= 15 is 0 Å². The summed E-state index contributed by atoms with van der Waals surface area (Å²) in [6.45, 7) is 0. The Kier molecular flexibility index (Phi) is 7.19. The Morgan fingerprint density at radius 3 is 1.70 bits per heavy atom. The van der Waals surface area contributed by atoms with Gasteiger partial charge in [0.25, 0.3) is 10.1 Å². The smallest absolute Gasteiger partial charge is 0.298 e. The Bertz CT molecular complexity index is 2780. The van der Waals surface area contributed by atoms with Crippen molar-refractivity contribution in [2.45, 2.75) is 30.6 Å². The number of hydrogen-bond acceptors (Lipinski definition) is 3. The lowest BCUT2D eigenvalue weighted by Gasteiger charge is -2.28. The van der Waals surface area contributed by atoms with Crippen LogP contribution in [0.15, 0.2) is 144 Å². The molecule has 0 radical (unpaired) electrons. The first-order chi connectivity index (χ1) is 25.9. The van der Waals surface area contributed by atoms with Gasteiger partial charge in [0.2, 0.25) is 17.1 Å². The number of ether oxygens (including phenoxy) is 1. The van der Waals surface area contributed by atoms with Gasteiger partial charge in [-0.3, -0.25) is 4.55 Å². The van der Waals surface area contributed by atoms with E-state index in [2.05, 4.69) is 130 Å². The van der Waals surface area contributed by atoms with Crippen molar-refractivity contribution in [1.29, 1.82) is 0 Å². The molecule has 0 fully saturated rings. The van der Waals surface area contributed by atoms with Crippen molar-refractivity contribution in [2.75, 3.05) is 7.11 Å². The number of nitrogens with zero attached hydrogens (tertiary/aromatic N) is 2. The number of hydrogen-bond donors (Lipinski definition) is 1. The summed E-state index contributed by atoms with van der Waals surface area (Å²) in [5.74, 6) is 0.115. The van der Waals surface area contributed by atoms with Crippen molar-refractivity contribution in [2.24, 2.45) is 0 Å². The molecular formula is C46H35N2O4S+. The van der Waals surface area contributed by atoms with Gasteiger partial charge < -0.3 is 9.30 Å². The second-order valence-electron chi connectivity index (χ2n) is 13.9. The summed E-state index contributed by atoms with van der Waals surface area (Å²) in [5.41, 5.74) is 15.7. The number of pyridine rings is 1. The molecule has 258 valence electrons. The molecule has 7 heteroatoms. The van der Waals surface area contributed by atoms with Gasteiger partial charge in [0.1, 0.15) is 10.6 Å². The molecule has 0 bridgehead atoms. The molecule has 6 aromatic carbocycles. The maximum atomic E-state index is 12.7. The largest absolute Gasteiger partial charge is 0.495 e. The molecule has 2 aliphatic carbocycles. The average molecular weight is 712 g/mol. The van der Waals surface area contributed by atoms with E-state index in [4.69, 9.17) is 4.74 Å². The Hall–Kier alpha value is -6.02. The van der Waals surface area contributed by atoms with Crippen LogP contribution in [0.25, 0.3) is 66.8 Å². The molecule has 0 aliphatic heterocycles. The van der Waals surface area contributed by atoms with Gasteiger partial charge in [0, 0.05) is 45.3 Å². The van der Waals surface area contributed by atoms with Crippen LogP contribution in [-0.2, 0) is 35.8 Å². The molecule has 0 unspecified atom stereocenters. The van der Waals surface area contributed by atoms with Crippen molar-refractivity contribution in [3.05, 3.63) is 162 Å². The van der Waals surface area contributed by atoms with Gasteiger partial charge in [-0.2, -0.15) is 13.0 Å². The number of methoxy groups -OCH3 is 1. The van der Waals surface area contributed by atoms with Gasteiger partial charge in [-0.1, -0.05) is 78.9 Å². The van der Waals surface area contributed by atoms with Crippen LogP contribution in [0.4, 0.5) is 0 Å². The molecule has 0 atom stereocenters. The summed E-state index contributed by atoms with van der Waals surface area (Å²) in [7, 11) is -3.13. The molecule has 6 nitrogen and oxygen atoms in total. The van der Waals surface area contributed by atoms with E-state index in [1.54, 1.807) is 12.1 Å². The van der Waals surface area contributed by atoms with E-state index in [0.717, 1.165) is 70.7 Å². The first-order valence-electron chi connectivity index (χ1n) is 18.0. The molecule has 0 amide bonds. The number of aryl methyl sites for hydroxylation is 2. The molecule has 53 heavy (non-hydrogen) atoms. The van der Waals surface area contributed by atoms with Gasteiger partial charge >= 0.3 is 0 Å². The van der Waals surface area contributed by atoms with E-state index in [9.17, 15) is 13.0 Å². The van der Waals surface area contributed by atoms with Crippen molar-refractivity contribution >= 4 is 31.9 Å². The molecule has 1 N–H and O–H groups in total. The van der Waals surface area contributed by atoms with Gasteiger partial charge in [0.05, 0.1) is 29.3 Å². The second kappa shape index (κ2) is 12.0. The fourth-order valence-corrected chi connectivity index (χ4v) is 9.58. The number of fused-ring (bicyclic) bond motifs is 9. The minimum atomic E-state index is -4.55. The Morgan fingerprint density at radius 1 is 0.623 bits per heavy atom. The molecule has 0 saturated heterocycles. The van der Waals surface area contributed by atoms with Crippen LogP contribution in [0, 0.1) is 0 Å². The monoisotopic (exact) mass is 711 g/mol. The lowest BCUT2D eigenvalue weighted by atomic mass is 9.77. The molecule has 2 heterocycles. The van der Waals surface area contributed by atoms with Crippen LogP contribution in [-0.4, -0.2) is 24.6 Å². The normalized spacial score (nSPS) is 13.3. The summed E-state index contributed by atoms with van der Waals surface area (Å²) in [5, 5.41) is 2.45. The highest BCUT2D eigenvalue weighted by atomic mass is 32.2. The van der Waals surface area contributed by atoms with E-state index < -0.39 is 10.1 Å². The zero-order chi connectivity index (χ0) is 35.8. The molecule has 0 spiro atoms. The molecule has 2 aromatic heterocycles. The third-order valence-corrected chi connectivity index (χ3v) is 12.0. The Labute approximate surface area is 307 Å². The van der Waals surface area contributed by atoms with E-state index in [1.807, 2.05) is 6.07 Å². The van der Waals surface area contributed by atoms with Crippen LogP contribution in [0.3, 0.4) is 0 Å². The molecule has 10 rings (SSSR count). The topological polar surface area (TPSA) is 72.4 Å². The molecular weight excluding hydrogens is 677 g/mol. The lowest BCUT2D eigenvalue weighted by Crippen LogP contribution is -2.41. The first-order valence-corrected chi connectivity index (χ1v) is 19.4. The number of rotatable bonds is 5. The first kappa shape index (κ1) is 31.7. The highest BCUT2D eigenvalue weighted by Crippen LogP contribution is 2.46. The minimum Gasteiger partial charge on any atom is -0.495 e. The Morgan fingerprint density at radius 2 is 1.15 bits per heavy atom. The van der Waals surface area contributed by atoms with Gasteiger partial charge in [-0.15, -0.1) is 0 Å². The quantitative estimate of drug-likeness (QED) is 0.143. The summed E-state index contributed by atoms with van der Waals surface area (Å²) >= 11 is 0. The number of benzene rings is 6. The van der Waals surface area contributed by atoms with Gasteiger partial charge in [-0.25, -0.2) is 0 Å². The fraction of sp³-hybridized carbons (Fsp3) is 0.109. The third kappa shape index (κ3) is 4.88. The predicted molar refractivity (Wildman–Crippen MR) is 210 cm³/mol. The van der Waals surface area contributed by atoms with Crippen molar-refractivity contribution < 1.29 is 22.3 Å². The summed E-state index contributed by atoms with van der Waals surface area (Å²) in [6, 6.07) is 48.4. The van der Waals surface area contributed by atoms with Crippen LogP contribution in [0.5, 0.6) is 5.75 Å². The highest BCUT2D eigenvalue weighted by Gasteiger charge is 2.39. The lowest BCUT2D eigenvalue weighted by molar-refractivity contribution is -0.573. The van der Waals surface area contributed by atoms with Crippen LogP contribution < -0.4 is 9.30 Å². The molecule has 0 saturated carbocycles. The molecule has 8 aromatic rings. The van der Waals surface area contributed by atoms with E-state index in [-0.39, 0.29) is 10.6 Å². The molecule has 2 aliphatic rings. The van der Waals surface area contributed by atoms with Gasteiger partial charge in [-0.05, 0) is 90.9 Å². The number of para-hydroxylation sites is 2. The highest BCUT2D eigenvalue weighted by molar-refractivity contribution is 7.86. The Balaban J connectivity index is 1.28. The van der Waals surface area contributed by atoms with Crippen LogP contribution in [0.2, 0.25) is 0 Å². The summed E-state index contributed by atoms with van der Waals surface area (Å²) in [4.78, 5) is -0.232. The zero-order valence-corrected chi connectivity index (χ0v) is 29.9. The van der Waals surface area contributed by atoms with E-state index in [1.165, 1.54) is 51.2 Å². The van der Waals surface area contributed by atoms with Crippen molar-refractivity contribution in [3.8, 4) is 50.8 Å². The third-order valence-electron chi connectivity index (χ3n) is 11.1. The standard InChI is InChI=1S/C46H34N2O4S/c1-52-42-27-20-31(28-43(42)53(49,50)51)44-38-25-18-29-10-2-4-12-34(29)45(38)48(46-35-13-5-3-11-30(35)19-26-39(44)46)33-23-21-32(22-24-33)47-40-16-8-6-14-36(40)37-15-7-9-17-41(37)47/h2-17,20-24,27-28H,18-19,25-26H2,1H3/p+1. The zero-order valence-electron chi connectivity index (χ0n) is 29.1. The average Bonchev–Trinajstić information content (AvgIpc) is 3.53. The minimum absolute atomic E-state index is 0.115. The van der Waals surface area contributed by atoms with Crippen molar-refractivity contribution in [3.63, 3.8) is 0 Å². The maximum Gasteiger partial charge on any atom is 0.298 e. The van der Waals surface area contributed by atoms with E-state index in [0.29, 0.717) is 0 Å². The number of aromatic nitrogens is 2. The van der Waals surface area contributed by atoms with Crippen LogP contribution >= 0.6 is 0 Å². The summed E-state index contributed by atoms with van der Waals surface area (Å²) in [6.07, 6.45) is 3.28. The maximum absolute atomic E-state index is 12.7. The fourth-order valence-electron chi connectivity index (χ4n) is 8.90.